The van der Waals surface area contributed by atoms with Crippen molar-refractivity contribution in [2.75, 3.05) is 19.7 Å². The fourth-order valence-electron chi connectivity index (χ4n) is 2.40. The first kappa shape index (κ1) is 20.4. The Labute approximate surface area is 145 Å². The molecule has 0 heterocycles. The lowest BCUT2D eigenvalue weighted by atomic mass is 10.2. The number of unbranched alkanes of at least 4 members (excludes halogenated alkanes) is 3. The first-order valence-corrected chi connectivity index (χ1v) is 9.97. The predicted octanol–water partition coefficient (Wildman–Crippen LogP) is 2.28. The second-order valence-electron chi connectivity index (χ2n) is 5.70. The van der Waals surface area contributed by atoms with Gasteiger partial charge in [-0.2, -0.15) is 4.31 Å². The smallest absolute Gasteiger partial charge is 0.232 e. The Morgan fingerprint density at radius 3 is 2.58 bits per heavy atom. The Kier molecular flexibility index (Phi) is 8.78. The van der Waals surface area contributed by atoms with Crippen molar-refractivity contribution in [3.63, 3.8) is 0 Å². The molecule has 0 aliphatic heterocycles. The maximum absolute atomic E-state index is 12.6. The molecule has 1 aromatic carbocycles. The molecule has 0 bridgehead atoms. The number of nitrogens with two attached hydrogens (primary N) is 1. The number of ether oxygens (including phenoxy) is 1. The van der Waals surface area contributed by atoms with Crippen LogP contribution in [0.5, 0.6) is 5.75 Å². The number of carbonyl (C=O) groups is 1. The van der Waals surface area contributed by atoms with Gasteiger partial charge >= 0.3 is 0 Å². The molecular formula is C17H28N2O4S. The van der Waals surface area contributed by atoms with E-state index in [0.717, 1.165) is 25.7 Å². The number of benzene rings is 1. The number of hydrogen-bond acceptors (Lipinski definition) is 4. The van der Waals surface area contributed by atoms with Crippen LogP contribution in [-0.2, 0) is 20.6 Å². The van der Waals surface area contributed by atoms with Gasteiger partial charge in [0.05, 0.1) is 18.9 Å². The van der Waals surface area contributed by atoms with Gasteiger partial charge in [0, 0.05) is 6.54 Å². The minimum absolute atomic E-state index is 0.172. The summed E-state index contributed by atoms with van der Waals surface area (Å²) in [5, 5.41) is 0. The third-order valence-corrected chi connectivity index (χ3v) is 5.34. The van der Waals surface area contributed by atoms with Gasteiger partial charge in [-0.15, -0.1) is 0 Å². The van der Waals surface area contributed by atoms with Gasteiger partial charge in [-0.1, -0.05) is 38.3 Å². The summed E-state index contributed by atoms with van der Waals surface area (Å²) in [5.74, 6) is -0.179. The Balaban J connectivity index is 2.82. The molecule has 0 aliphatic carbocycles. The van der Waals surface area contributed by atoms with Crippen LogP contribution in [0.25, 0.3) is 0 Å². The van der Waals surface area contributed by atoms with E-state index in [1.54, 1.807) is 24.3 Å². The van der Waals surface area contributed by atoms with Crippen molar-refractivity contribution in [3.8, 4) is 5.75 Å². The number of primary amides is 1. The van der Waals surface area contributed by atoms with E-state index in [1.807, 2.05) is 6.92 Å². The van der Waals surface area contributed by atoms with Crippen LogP contribution < -0.4 is 10.5 Å². The third kappa shape index (κ3) is 7.31. The van der Waals surface area contributed by atoms with Gasteiger partial charge in [0.15, 0.2) is 0 Å². The molecule has 6 nitrogen and oxygen atoms in total. The highest BCUT2D eigenvalue weighted by atomic mass is 32.2. The Morgan fingerprint density at radius 2 is 1.96 bits per heavy atom. The molecule has 2 N–H and O–H groups in total. The molecule has 0 atom stereocenters. The first-order valence-electron chi connectivity index (χ1n) is 8.37. The largest absolute Gasteiger partial charge is 0.494 e. The zero-order valence-corrected chi connectivity index (χ0v) is 15.3. The molecule has 1 amide bonds. The number of hydrogen-bond donors (Lipinski definition) is 1. The number of rotatable bonds is 12. The van der Waals surface area contributed by atoms with E-state index < -0.39 is 15.9 Å². The van der Waals surface area contributed by atoms with Crippen LogP contribution in [0.15, 0.2) is 24.3 Å². The van der Waals surface area contributed by atoms with Gasteiger partial charge in [-0.25, -0.2) is 8.42 Å². The molecule has 1 rings (SSSR count). The average molecular weight is 356 g/mol. The maximum Gasteiger partial charge on any atom is 0.232 e. The molecular weight excluding hydrogens is 328 g/mol. The zero-order valence-electron chi connectivity index (χ0n) is 14.5. The van der Waals surface area contributed by atoms with Crippen molar-refractivity contribution in [1.82, 2.24) is 4.31 Å². The SMILES string of the molecule is CCCCCCN(CC(N)=O)S(=O)(=O)Cc1cccc(OCC)c1. The molecule has 0 fully saturated rings. The van der Waals surface area contributed by atoms with E-state index in [-0.39, 0.29) is 12.3 Å². The van der Waals surface area contributed by atoms with E-state index in [9.17, 15) is 13.2 Å². The molecule has 7 heteroatoms. The van der Waals surface area contributed by atoms with Gasteiger partial charge in [0.2, 0.25) is 15.9 Å². The highest BCUT2D eigenvalue weighted by molar-refractivity contribution is 7.88. The van der Waals surface area contributed by atoms with Crippen molar-refractivity contribution in [3.05, 3.63) is 29.8 Å². The van der Waals surface area contributed by atoms with Crippen LogP contribution in [0.4, 0.5) is 0 Å². The van der Waals surface area contributed by atoms with Gasteiger partial charge in [0.25, 0.3) is 0 Å². The Bertz CT molecular complexity index is 617. The summed E-state index contributed by atoms with van der Waals surface area (Å²) in [4.78, 5) is 11.2. The highest BCUT2D eigenvalue weighted by Gasteiger charge is 2.24. The summed E-state index contributed by atoms with van der Waals surface area (Å²) in [7, 11) is -3.61. The van der Waals surface area contributed by atoms with Crippen molar-refractivity contribution >= 4 is 15.9 Å². The topological polar surface area (TPSA) is 89.7 Å². The lowest BCUT2D eigenvalue weighted by Crippen LogP contribution is -2.39. The van der Waals surface area contributed by atoms with Gasteiger partial charge in [-0.3, -0.25) is 4.79 Å². The number of sulfonamides is 1. The van der Waals surface area contributed by atoms with Crippen molar-refractivity contribution in [2.45, 2.75) is 45.3 Å². The predicted molar refractivity (Wildman–Crippen MR) is 95.1 cm³/mol. The third-order valence-electron chi connectivity index (χ3n) is 3.55. The maximum atomic E-state index is 12.6. The monoisotopic (exact) mass is 356 g/mol. The quantitative estimate of drug-likeness (QED) is 0.582. The van der Waals surface area contributed by atoms with Crippen molar-refractivity contribution in [1.29, 1.82) is 0 Å². The van der Waals surface area contributed by atoms with Gasteiger partial charge in [0.1, 0.15) is 5.75 Å². The minimum atomic E-state index is -3.61. The minimum Gasteiger partial charge on any atom is -0.494 e. The lowest BCUT2D eigenvalue weighted by molar-refractivity contribution is -0.118. The van der Waals surface area contributed by atoms with E-state index in [0.29, 0.717) is 24.5 Å². The summed E-state index contributed by atoms with van der Waals surface area (Å²) in [6, 6.07) is 6.99. The second-order valence-corrected chi connectivity index (χ2v) is 7.67. The van der Waals surface area contributed by atoms with Gasteiger partial charge in [-0.05, 0) is 31.0 Å². The summed E-state index contributed by atoms with van der Waals surface area (Å²) in [5.41, 5.74) is 5.84. The number of amides is 1. The molecule has 0 aliphatic rings. The van der Waals surface area contributed by atoms with Crippen LogP contribution in [0.3, 0.4) is 0 Å². The summed E-state index contributed by atoms with van der Waals surface area (Å²) in [6.45, 7) is 4.51. The van der Waals surface area contributed by atoms with E-state index in [4.69, 9.17) is 10.5 Å². The molecule has 0 aromatic heterocycles. The van der Waals surface area contributed by atoms with E-state index >= 15 is 0 Å². The molecule has 24 heavy (non-hydrogen) atoms. The average Bonchev–Trinajstić information content (AvgIpc) is 2.50. The summed E-state index contributed by atoms with van der Waals surface area (Å²) in [6.07, 6.45) is 3.76. The molecule has 136 valence electrons. The Hall–Kier alpha value is -1.60. The van der Waals surface area contributed by atoms with Crippen LogP contribution in [-0.4, -0.2) is 38.3 Å². The van der Waals surface area contributed by atoms with Gasteiger partial charge < -0.3 is 10.5 Å². The molecule has 0 saturated carbocycles. The summed E-state index contributed by atoms with van der Waals surface area (Å²) >= 11 is 0. The molecule has 0 radical (unpaired) electrons. The molecule has 0 unspecified atom stereocenters. The lowest BCUT2D eigenvalue weighted by Gasteiger charge is -2.21. The highest BCUT2D eigenvalue weighted by Crippen LogP contribution is 2.18. The fraction of sp³-hybridized carbons (Fsp3) is 0.588. The van der Waals surface area contributed by atoms with Crippen molar-refractivity contribution < 1.29 is 17.9 Å². The normalized spacial score (nSPS) is 11.6. The Morgan fingerprint density at radius 1 is 1.21 bits per heavy atom. The number of nitrogens with zero attached hydrogens (tertiary/aromatic N) is 1. The standard InChI is InChI=1S/C17H28N2O4S/c1-3-5-6-7-11-19(13-17(18)20)24(21,22)14-15-9-8-10-16(12-15)23-4-2/h8-10,12H,3-7,11,13-14H2,1-2H3,(H2,18,20). The van der Waals surface area contributed by atoms with Crippen LogP contribution >= 0.6 is 0 Å². The zero-order chi connectivity index (χ0) is 18.0. The van der Waals surface area contributed by atoms with Crippen molar-refractivity contribution in [2.24, 2.45) is 5.73 Å². The van der Waals surface area contributed by atoms with Crippen LogP contribution in [0.1, 0.15) is 45.1 Å². The molecule has 1 aromatic rings. The van der Waals surface area contributed by atoms with E-state index in [1.165, 1.54) is 4.31 Å². The fourth-order valence-corrected chi connectivity index (χ4v) is 3.91. The van der Waals surface area contributed by atoms with E-state index in [2.05, 4.69) is 6.92 Å². The molecule has 0 spiro atoms. The number of carbonyl (C=O) groups excluding carboxylic acids is 1. The van der Waals surface area contributed by atoms with Crippen LogP contribution in [0, 0.1) is 0 Å². The summed E-state index contributed by atoms with van der Waals surface area (Å²) < 4.78 is 31.9. The second kappa shape index (κ2) is 10.3. The first-order chi connectivity index (χ1) is 11.4. The van der Waals surface area contributed by atoms with Crippen LogP contribution in [0.2, 0.25) is 0 Å². The molecule has 0 saturated heterocycles.